The number of ether oxygens (including phenoxy) is 1. The van der Waals surface area contributed by atoms with E-state index in [1.54, 1.807) is 0 Å². The minimum atomic E-state index is 0. The summed E-state index contributed by atoms with van der Waals surface area (Å²) < 4.78 is 6.83. The molecule has 1 N–H and O–H groups in total. The molecule has 90 valence electrons. The van der Waals surface area contributed by atoms with Gasteiger partial charge in [0, 0.05) is 16.9 Å². The van der Waals surface area contributed by atoms with Crippen molar-refractivity contribution in [3.05, 3.63) is 28.7 Å². The molecule has 1 fully saturated rings. The predicted octanol–water partition coefficient (Wildman–Crippen LogP) is 3.25. The Morgan fingerprint density at radius 1 is 1.44 bits per heavy atom. The zero-order valence-corrected chi connectivity index (χ0v) is 11.5. The zero-order chi connectivity index (χ0) is 10.5. The van der Waals surface area contributed by atoms with E-state index < -0.39 is 0 Å². The van der Waals surface area contributed by atoms with Crippen LogP contribution in [0.15, 0.2) is 28.7 Å². The third-order valence-corrected chi connectivity index (χ3v) is 3.17. The Balaban J connectivity index is 0.00000128. The van der Waals surface area contributed by atoms with Gasteiger partial charge in [0.15, 0.2) is 0 Å². The third kappa shape index (κ3) is 4.32. The molecule has 0 aliphatic carbocycles. The second kappa shape index (κ2) is 7.15. The normalized spacial score (nSPS) is 19.9. The number of benzene rings is 1. The van der Waals surface area contributed by atoms with Crippen LogP contribution in [0, 0.1) is 5.92 Å². The van der Waals surface area contributed by atoms with Crippen molar-refractivity contribution in [2.45, 2.75) is 12.8 Å². The largest absolute Gasteiger partial charge is 0.493 e. The molecule has 0 saturated carbocycles. The highest BCUT2D eigenvalue weighted by molar-refractivity contribution is 9.10. The Kier molecular flexibility index (Phi) is 6.17. The third-order valence-electron chi connectivity index (χ3n) is 2.68. The molecule has 0 spiro atoms. The summed E-state index contributed by atoms with van der Waals surface area (Å²) in [6.07, 6.45) is 2.55. The first kappa shape index (κ1) is 13.8. The molecule has 1 saturated heterocycles. The van der Waals surface area contributed by atoms with Crippen LogP contribution in [0.4, 0.5) is 0 Å². The second-order valence-electron chi connectivity index (χ2n) is 3.98. The second-order valence-corrected chi connectivity index (χ2v) is 4.90. The molecule has 0 unspecified atom stereocenters. The van der Waals surface area contributed by atoms with Gasteiger partial charge in [0.05, 0.1) is 6.61 Å². The number of nitrogens with one attached hydrogen (secondary N) is 1. The van der Waals surface area contributed by atoms with E-state index >= 15 is 0 Å². The molecule has 0 bridgehead atoms. The summed E-state index contributed by atoms with van der Waals surface area (Å²) in [5, 5.41) is 3.39. The highest BCUT2D eigenvalue weighted by atomic mass is 79.9. The minimum Gasteiger partial charge on any atom is -0.493 e. The number of piperidine rings is 1. The summed E-state index contributed by atoms with van der Waals surface area (Å²) in [5.41, 5.74) is 0. The standard InChI is InChI=1S/C12H16BrNO.ClH/c13-11-4-1-5-12(7-11)15-9-10-3-2-6-14-8-10;/h1,4-5,7,10,14H,2-3,6,8-9H2;1H/t10-;/m0./s1. The van der Waals surface area contributed by atoms with Crippen LogP contribution in [0.3, 0.4) is 0 Å². The van der Waals surface area contributed by atoms with E-state index in [1.807, 2.05) is 24.3 Å². The van der Waals surface area contributed by atoms with Crippen molar-refractivity contribution < 1.29 is 4.74 Å². The smallest absolute Gasteiger partial charge is 0.120 e. The molecule has 4 heteroatoms. The van der Waals surface area contributed by atoms with E-state index in [1.165, 1.54) is 12.8 Å². The van der Waals surface area contributed by atoms with Gasteiger partial charge in [-0.2, -0.15) is 0 Å². The molecule has 2 nitrogen and oxygen atoms in total. The molecule has 16 heavy (non-hydrogen) atoms. The van der Waals surface area contributed by atoms with Crippen LogP contribution >= 0.6 is 28.3 Å². The van der Waals surface area contributed by atoms with Gasteiger partial charge in [-0.15, -0.1) is 12.4 Å². The molecule has 1 aliphatic heterocycles. The zero-order valence-electron chi connectivity index (χ0n) is 9.12. The monoisotopic (exact) mass is 305 g/mol. The van der Waals surface area contributed by atoms with E-state index in [2.05, 4.69) is 21.2 Å². The molecule has 1 heterocycles. The SMILES string of the molecule is Brc1cccc(OC[C@H]2CCCNC2)c1.Cl. The first-order valence-electron chi connectivity index (χ1n) is 5.44. The molecular formula is C12H17BrClNO. The van der Waals surface area contributed by atoms with E-state index in [4.69, 9.17) is 4.74 Å². The summed E-state index contributed by atoms with van der Waals surface area (Å²) in [5.74, 6) is 1.62. The Morgan fingerprint density at radius 3 is 3.00 bits per heavy atom. The van der Waals surface area contributed by atoms with Crippen LogP contribution in [0.2, 0.25) is 0 Å². The Hall–Kier alpha value is -0.250. The summed E-state index contributed by atoms with van der Waals surface area (Å²) >= 11 is 3.44. The van der Waals surface area contributed by atoms with Gasteiger partial charge in [-0.3, -0.25) is 0 Å². The van der Waals surface area contributed by atoms with Gasteiger partial charge in [0.25, 0.3) is 0 Å². The van der Waals surface area contributed by atoms with Gasteiger partial charge < -0.3 is 10.1 Å². The van der Waals surface area contributed by atoms with Crippen LogP contribution < -0.4 is 10.1 Å². The predicted molar refractivity (Wildman–Crippen MR) is 72.5 cm³/mol. The first-order chi connectivity index (χ1) is 7.34. The molecule has 0 amide bonds. The van der Waals surface area contributed by atoms with Crippen LogP contribution in [0.1, 0.15) is 12.8 Å². The summed E-state index contributed by atoms with van der Waals surface area (Å²) in [6.45, 7) is 3.07. The average molecular weight is 307 g/mol. The summed E-state index contributed by atoms with van der Waals surface area (Å²) in [4.78, 5) is 0. The number of hydrogen-bond donors (Lipinski definition) is 1. The van der Waals surface area contributed by atoms with Crippen LogP contribution in [0.5, 0.6) is 5.75 Å². The number of rotatable bonds is 3. The molecule has 2 rings (SSSR count). The van der Waals surface area contributed by atoms with Gasteiger partial charge in [0.2, 0.25) is 0 Å². The highest BCUT2D eigenvalue weighted by Gasteiger charge is 2.13. The van der Waals surface area contributed by atoms with Gasteiger partial charge in [-0.25, -0.2) is 0 Å². The van der Waals surface area contributed by atoms with E-state index in [0.717, 1.165) is 29.9 Å². The molecule has 1 atom stereocenters. The fourth-order valence-electron chi connectivity index (χ4n) is 1.84. The Bertz CT molecular complexity index is 316. The average Bonchev–Trinajstić information content (AvgIpc) is 2.28. The molecule has 0 radical (unpaired) electrons. The summed E-state index contributed by atoms with van der Waals surface area (Å²) in [7, 11) is 0. The quantitative estimate of drug-likeness (QED) is 0.925. The Labute approximate surface area is 111 Å². The fourth-order valence-corrected chi connectivity index (χ4v) is 2.22. The van der Waals surface area contributed by atoms with Crippen molar-refractivity contribution in [2.24, 2.45) is 5.92 Å². The lowest BCUT2D eigenvalue weighted by molar-refractivity contribution is 0.218. The van der Waals surface area contributed by atoms with Gasteiger partial charge in [-0.1, -0.05) is 22.0 Å². The van der Waals surface area contributed by atoms with E-state index in [9.17, 15) is 0 Å². The fraction of sp³-hybridized carbons (Fsp3) is 0.500. The molecule has 1 aromatic carbocycles. The van der Waals surface area contributed by atoms with Gasteiger partial charge in [-0.05, 0) is 37.6 Å². The highest BCUT2D eigenvalue weighted by Crippen LogP contribution is 2.19. The topological polar surface area (TPSA) is 21.3 Å². The summed E-state index contributed by atoms with van der Waals surface area (Å²) in [6, 6.07) is 8.02. The maximum atomic E-state index is 5.76. The van der Waals surface area contributed by atoms with Crippen molar-refractivity contribution in [1.29, 1.82) is 0 Å². The lowest BCUT2D eigenvalue weighted by Gasteiger charge is -2.22. The van der Waals surface area contributed by atoms with Crippen LogP contribution in [-0.2, 0) is 0 Å². The Morgan fingerprint density at radius 2 is 2.31 bits per heavy atom. The van der Waals surface area contributed by atoms with Crippen molar-refractivity contribution in [2.75, 3.05) is 19.7 Å². The lowest BCUT2D eigenvalue weighted by Crippen LogP contribution is -2.33. The van der Waals surface area contributed by atoms with Gasteiger partial charge in [0.1, 0.15) is 5.75 Å². The van der Waals surface area contributed by atoms with E-state index in [-0.39, 0.29) is 12.4 Å². The molecule has 1 aromatic rings. The number of halogens is 2. The van der Waals surface area contributed by atoms with Crippen LogP contribution in [-0.4, -0.2) is 19.7 Å². The molecule has 0 aromatic heterocycles. The van der Waals surface area contributed by atoms with Crippen molar-refractivity contribution in [3.8, 4) is 5.75 Å². The molecular weight excluding hydrogens is 289 g/mol. The maximum Gasteiger partial charge on any atom is 0.120 e. The van der Waals surface area contributed by atoms with E-state index in [0.29, 0.717) is 5.92 Å². The first-order valence-corrected chi connectivity index (χ1v) is 6.23. The van der Waals surface area contributed by atoms with Crippen molar-refractivity contribution >= 4 is 28.3 Å². The van der Waals surface area contributed by atoms with Gasteiger partial charge >= 0.3 is 0 Å². The molecule has 1 aliphatic rings. The van der Waals surface area contributed by atoms with Crippen molar-refractivity contribution in [3.63, 3.8) is 0 Å². The number of hydrogen-bond acceptors (Lipinski definition) is 2. The maximum absolute atomic E-state index is 5.76. The lowest BCUT2D eigenvalue weighted by atomic mass is 10.0. The minimum absolute atomic E-state index is 0. The van der Waals surface area contributed by atoms with Crippen molar-refractivity contribution in [1.82, 2.24) is 5.32 Å². The van der Waals surface area contributed by atoms with Crippen LogP contribution in [0.25, 0.3) is 0 Å².